The zero-order valence-corrected chi connectivity index (χ0v) is 15.6. The van der Waals surface area contributed by atoms with E-state index < -0.39 is 0 Å². The van der Waals surface area contributed by atoms with Crippen LogP contribution < -0.4 is 9.77 Å². The first-order chi connectivity index (χ1) is 11.6. The van der Waals surface area contributed by atoms with Crippen molar-refractivity contribution >= 4 is 28.8 Å². The third kappa shape index (κ3) is 2.14. The maximum atomic E-state index is 12.0. The van der Waals surface area contributed by atoms with Crippen LogP contribution in [0.2, 0.25) is 0 Å². The number of aromatic nitrogens is 1. The highest BCUT2D eigenvalue weighted by Crippen LogP contribution is 2.63. The second kappa shape index (κ2) is 5.40. The first-order valence-corrected chi connectivity index (χ1v) is 10.5. The molecular weight excluding hydrogens is 336 g/mol. The number of thiazole rings is 1. The number of nitrogens with one attached hydrogen (secondary N) is 1. The van der Waals surface area contributed by atoms with Gasteiger partial charge in [-0.25, -0.2) is 0 Å². The fourth-order valence-corrected chi connectivity index (χ4v) is 8.10. The van der Waals surface area contributed by atoms with Gasteiger partial charge in [0.15, 0.2) is 0 Å². The number of fused-ring (bicyclic) bond motifs is 6. The van der Waals surface area contributed by atoms with Gasteiger partial charge in [-0.2, -0.15) is 0 Å². The lowest BCUT2D eigenvalue weighted by Gasteiger charge is -2.40. The highest BCUT2D eigenvalue weighted by atomic mass is 32.2. The van der Waals surface area contributed by atoms with Gasteiger partial charge in [-0.1, -0.05) is 23.5 Å². The molecule has 2 aliphatic carbocycles. The molecule has 3 aliphatic rings. The van der Waals surface area contributed by atoms with Crippen molar-refractivity contribution in [2.75, 3.05) is 19.0 Å². The Morgan fingerprint density at radius 2 is 1.88 bits per heavy atom. The maximum Gasteiger partial charge on any atom is 0.305 e. The summed E-state index contributed by atoms with van der Waals surface area (Å²) in [6.45, 7) is 0. The van der Waals surface area contributed by atoms with Gasteiger partial charge in [0, 0.05) is 35.8 Å². The van der Waals surface area contributed by atoms with Crippen LogP contribution in [0.15, 0.2) is 34.1 Å². The Labute approximate surface area is 150 Å². The summed E-state index contributed by atoms with van der Waals surface area (Å²) < 4.78 is 0. The van der Waals surface area contributed by atoms with Crippen LogP contribution in [0.3, 0.4) is 0 Å². The molecule has 1 aromatic heterocycles. The fourth-order valence-electron chi connectivity index (χ4n) is 5.20. The van der Waals surface area contributed by atoms with E-state index in [1.54, 1.807) is 0 Å². The molecular formula is C19H22N2OS2. The largest absolute Gasteiger partial charge is 0.378 e. The molecule has 2 bridgehead atoms. The van der Waals surface area contributed by atoms with Gasteiger partial charge >= 0.3 is 4.87 Å². The summed E-state index contributed by atoms with van der Waals surface area (Å²) in [6, 6.07) is 9.00. The third-order valence-electron chi connectivity index (χ3n) is 6.23. The molecule has 2 saturated carbocycles. The summed E-state index contributed by atoms with van der Waals surface area (Å²) in [5.74, 6) is 2.81. The van der Waals surface area contributed by atoms with Gasteiger partial charge in [-0.05, 0) is 54.7 Å². The summed E-state index contributed by atoms with van der Waals surface area (Å²) in [7, 11) is 4.16. The summed E-state index contributed by atoms with van der Waals surface area (Å²) >= 11 is 3.40. The average Bonchev–Trinajstić information content (AvgIpc) is 3.26. The van der Waals surface area contributed by atoms with Crippen LogP contribution in [0.1, 0.15) is 35.6 Å². The first kappa shape index (κ1) is 15.1. The number of nitrogens with zero attached hydrogens (tertiary/aromatic N) is 1. The number of hydrogen-bond donors (Lipinski definition) is 1. The average molecular weight is 359 g/mol. The number of anilines is 1. The molecule has 1 N–H and O–H groups in total. The monoisotopic (exact) mass is 358 g/mol. The Bertz CT molecular complexity index is 823. The molecule has 126 valence electrons. The number of thioether (sulfide) groups is 1. The standard InChI is InChI=1S/C19H22N2OS2/c1-21(2)13-7-5-10(6-8-13)14-15-11-3-4-12(9-11)16(15)23-18-17(14)24-19(22)20-18/h5-8,11-12,14-16H,3-4,9H2,1-2H3,(H,20,22)/t11-,12-,14-,15-,16+/m1/s1. The fraction of sp³-hybridized carbons (Fsp3) is 0.526. The molecule has 0 unspecified atom stereocenters. The minimum atomic E-state index is 0.106. The van der Waals surface area contributed by atoms with E-state index in [1.165, 1.54) is 46.7 Å². The molecule has 2 fully saturated rings. The number of aromatic amines is 1. The van der Waals surface area contributed by atoms with Crippen LogP contribution in [0, 0.1) is 17.8 Å². The predicted molar refractivity (Wildman–Crippen MR) is 102 cm³/mol. The van der Waals surface area contributed by atoms with Crippen molar-refractivity contribution in [3.8, 4) is 0 Å². The van der Waals surface area contributed by atoms with Crippen LogP contribution in [-0.2, 0) is 0 Å². The van der Waals surface area contributed by atoms with Crippen molar-refractivity contribution in [2.24, 2.45) is 17.8 Å². The number of H-pyrrole nitrogens is 1. The lowest BCUT2D eigenvalue weighted by atomic mass is 9.75. The van der Waals surface area contributed by atoms with E-state index in [0.717, 1.165) is 16.9 Å². The highest BCUT2D eigenvalue weighted by molar-refractivity contribution is 8.00. The van der Waals surface area contributed by atoms with Gasteiger partial charge in [0.1, 0.15) is 0 Å². The Morgan fingerprint density at radius 1 is 1.12 bits per heavy atom. The predicted octanol–water partition coefficient (Wildman–Crippen LogP) is 4.15. The highest BCUT2D eigenvalue weighted by Gasteiger charge is 2.54. The molecule has 5 rings (SSSR count). The van der Waals surface area contributed by atoms with Gasteiger partial charge in [-0.15, -0.1) is 11.8 Å². The zero-order valence-electron chi connectivity index (χ0n) is 14.0. The summed E-state index contributed by atoms with van der Waals surface area (Å²) in [6.07, 6.45) is 4.16. The van der Waals surface area contributed by atoms with E-state index in [9.17, 15) is 4.79 Å². The van der Waals surface area contributed by atoms with E-state index in [4.69, 9.17) is 0 Å². The molecule has 2 aromatic rings. The van der Waals surface area contributed by atoms with Crippen LogP contribution in [0.5, 0.6) is 0 Å². The lowest BCUT2D eigenvalue weighted by Crippen LogP contribution is -2.33. The Hall–Kier alpha value is -1.20. The summed E-state index contributed by atoms with van der Waals surface area (Å²) in [4.78, 5) is 18.7. The molecule has 0 saturated heterocycles. The molecule has 5 atom stereocenters. The first-order valence-electron chi connectivity index (χ1n) is 8.79. The van der Waals surface area contributed by atoms with Gasteiger partial charge < -0.3 is 9.88 Å². The quantitative estimate of drug-likeness (QED) is 0.876. The Kier molecular flexibility index (Phi) is 3.39. The van der Waals surface area contributed by atoms with Crippen LogP contribution in [-0.4, -0.2) is 24.3 Å². The van der Waals surface area contributed by atoms with Crippen LogP contribution in [0.25, 0.3) is 0 Å². The van der Waals surface area contributed by atoms with E-state index in [1.807, 2.05) is 11.8 Å². The zero-order chi connectivity index (χ0) is 16.4. The second-order valence-electron chi connectivity index (χ2n) is 7.66. The molecule has 1 aliphatic heterocycles. The normalized spacial score (nSPS) is 33.3. The molecule has 0 radical (unpaired) electrons. The molecule has 3 nitrogen and oxygen atoms in total. The minimum absolute atomic E-state index is 0.106. The van der Waals surface area contributed by atoms with Crippen molar-refractivity contribution in [2.45, 2.75) is 35.5 Å². The minimum Gasteiger partial charge on any atom is -0.378 e. The van der Waals surface area contributed by atoms with Gasteiger partial charge in [0.25, 0.3) is 0 Å². The molecule has 5 heteroatoms. The van der Waals surface area contributed by atoms with Crippen molar-refractivity contribution in [1.82, 2.24) is 4.98 Å². The molecule has 2 heterocycles. The summed E-state index contributed by atoms with van der Waals surface area (Å²) in [5.41, 5.74) is 2.62. The number of benzene rings is 1. The van der Waals surface area contributed by atoms with Crippen molar-refractivity contribution < 1.29 is 0 Å². The summed E-state index contributed by atoms with van der Waals surface area (Å²) in [5, 5.41) is 1.85. The topological polar surface area (TPSA) is 36.1 Å². The number of hydrogen-bond acceptors (Lipinski definition) is 4. The van der Waals surface area contributed by atoms with Gasteiger partial charge in [0.05, 0.1) is 5.03 Å². The molecule has 0 spiro atoms. The van der Waals surface area contributed by atoms with Gasteiger partial charge in [-0.3, -0.25) is 4.79 Å². The van der Waals surface area contributed by atoms with Crippen molar-refractivity contribution in [3.63, 3.8) is 0 Å². The second-order valence-corrected chi connectivity index (χ2v) is 9.87. The number of rotatable bonds is 2. The third-order valence-corrected chi connectivity index (χ3v) is 8.86. The van der Waals surface area contributed by atoms with E-state index >= 15 is 0 Å². The van der Waals surface area contributed by atoms with Gasteiger partial charge in [0.2, 0.25) is 0 Å². The molecule has 1 aromatic carbocycles. The smallest absolute Gasteiger partial charge is 0.305 e. The van der Waals surface area contributed by atoms with Crippen LogP contribution >= 0.6 is 23.1 Å². The maximum absolute atomic E-state index is 12.0. The Balaban J connectivity index is 1.62. The molecule has 0 amide bonds. The van der Waals surface area contributed by atoms with Crippen molar-refractivity contribution in [3.05, 3.63) is 44.4 Å². The van der Waals surface area contributed by atoms with E-state index in [2.05, 4.69) is 48.2 Å². The lowest BCUT2D eigenvalue weighted by molar-refractivity contribution is 0.307. The van der Waals surface area contributed by atoms with E-state index in [-0.39, 0.29) is 4.87 Å². The van der Waals surface area contributed by atoms with E-state index in [0.29, 0.717) is 17.1 Å². The van der Waals surface area contributed by atoms with Crippen molar-refractivity contribution in [1.29, 1.82) is 0 Å². The Morgan fingerprint density at radius 3 is 2.62 bits per heavy atom. The SMILES string of the molecule is CN(C)c1ccc([C@H]2c3sc(=O)[nH]c3S[C@H]3[C@@H]4CC[C@H](C4)[C@H]23)cc1. The molecule has 24 heavy (non-hydrogen) atoms. The van der Waals surface area contributed by atoms with Crippen LogP contribution in [0.4, 0.5) is 5.69 Å².